The number of hydrogen-bond donors (Lipinski definition) is 2. The van der Waals surface area contributed by atoms with E-state index >= 15 is 0 Å². The molecule has 0 aliphatic carbocycles. The van der Waals surface area contributed by atoms with Gasteiger partial charge in [-0.15, -0.1) is 0 Å². The molecule has 0 saturated carbocycles. The Bertz CT molecular complexity index is 839. The fourth-order valence-corrected chi connectivity index (χ4v) is 3.14. The molecule has 1 atom stereocenters. The molecule has 3 aromatic rings. The van der Waals surface area contributed by atoms with Gasteiger partial charge in [-0.25, -0.2) is 0 Å². The third-order valence-electron chi connectivity index (χ3n) is 4.34. The van der Waals surface area contributed by atoms with E-state index in [4.69, 9.17) is 4.74 Å². The summed E-state index contributed by atoms with van der Waals surface area (Å²) in [6.07, 6.45) is 0.660. The van der Waals surface area contributed by atoms with E-state index < -0.39 is 0 Å². The van der Waals surface area contributed by atoms with E-state index in [9.17, 15) is 4.79 Å². The lowest BCUT2D eigenvalue weighted by Crippen LogP contribution is -2.42. The number of carbonyl (C=O) groups is 1. The molecule has 0 bridgehead atoms. The highest BCUT2D eigenvalue weighted by atomic mass is 16.5. The van der Waals surface area contributed by atoms with Crippen molar-refractivity contribution in [2.75, 3.05) is 0 Å². The maximum Gasteiger partial charge on any atom is 0.323 e. The first kappa shape index (κ1) is 14.0. The first-order valence-corrected chi connectivity index (χ1v) is 7.83. The number of hydrogen-bond acceptors (Lipinski definition) is 3. The van der Waals surface area contributed by atoms with Gasteiger partial charge in [0.1, 0.15) is 12.6 Å². The first-order chi connectivity index (χ1) is 11.3. The van der Waals surface area contributed by atoms with Crippen molar-refractivity contribution in [1.29, 1.82) is 0 Å². The number of fused-ring (bicyclic) bond motifs is 3. The van der Waals surface area contributed by atoms with Gasteiger partial charge in [0.05, 0.1) is 0 Å². The van der Waals surface area contributed by atoms with E-state index in [-0.39, 0.29) is 12.0 Å². The Kier molecular flexibility index (Phi) is 3.60. The lowest BCUT2D eigenvalue weighted by molar-refractivity contribution is -0.147. The molecule has 0 fully saturated rings. The normalized spacial score (nSPS) is 17.0. The minimum Gasteiger partial charge on any atom is -0.460 e. The van der Waals surface area contributed by atoms with Crippen LogP contribution in [0.1, 0.15) is 16.8 Å². The van der Waals surface area contributed by atoms with E-state index in [2.05, 4.69) is 22.4 Å². The Morgan fingerprint density at radius 3 is 2.74 bits per heavy atom. The Morgan fingerprint density at radius 1 is 1.09 bits per heavy atom. The largest absolute Gasteiger partial charge is 0.460 e. The summed E-state index contributed by atoms with van der Waals surface area (Å²) < 4.78 is 5.46. The van der Waals surface area contributed by atoms with Crippen molar-refractivity contribution in [3.63, 3.8) is 0 Å². The number of aromatic nitrogens is 1. The molecule has 1 aliphatic heterocycles. The third-order valence-corrected chi connectivity index (χ3v) is 4.34. The van der Waals surface area contributed by atoms with Crippen molar-refractivity contribution in [3.05, 3.63) is 71.4 Å². The Morgan fingerprint density at radius 2 is 1.87 bits per heavy atom. The molecular weight excluding hydrogens is 288 g/mol. The van der Waals surface area contributed by atoms with Crippen LogP contribution >= 0.6 is 0 Å². The van der Waals surface area contributed by atoms with Crippen LogP contribution in [0.15, 0.2) is 54.6 Å². The number of ether oxygens (including phenoxy) is 1. The summed E-state index contributed by atoms with van der Waals surface area (Å²) in [7, 11) is 0. The van der Waals surface area contributed by atoms with Gasteiger partial charge in [0.25, 0.3) is 0 Å². The predicted octanol–water partition coefficient (Wildman–Crippen LogP) is 2.93. The summed E-state index contributed by atoms with van der Waals surface area (Å²) in [4.78, 5) is 15.8. The van der Waals surface area contributed by atoms with E-state index in [1.165, 1.54) is 16.6 Å². The minimum atomic E-state index is -0.287. The Labute approximate surface area is 134 Å². The van der Waals surface area contributed by atoms with E-state index in [0.29, 0.717) is 19.6 Å². The number of para-hydroxylation sites is 1. The highest BCUT2D eigenvalue weighted by molar-refractivity contribution is 5.86. The number of H-pyrrole nitrogens is 1. The molecule has 0 radical (unpaired) electrons. The van der Waals surface area contributed by atoms with Crippen molar-refractivity contribution in [2.45, 2.75) is 25.6 Å². The number of aromatic amines is 1. The highest BCUT2D eigenvalue weighted by Gasteiger charge is 2.27. The molecule has 1 aliphatic rings. The fraction of sp³-hybridized carbons (Fsp3) is 0.211. The topological polar surface area (TPSA) is 54.1 Å². The quantitative estimate of drug-likeness (QED) is 0.732. The average Bonchev–Trinajstić information content (AvgIpc) is 2.98. The second-order valence-corrected chi connectivity index (χ2v) is 5.86. The van der Waals surface area contributed by atoms with Gasteiger partial charge >= 0.3 is 5.97 Å². The molecule has 1 unspecified atom stereocenters. The summed E-state index contributed by atoms with van der Waals surface area (Å²) in [5, 5.41) is 4.47. The minimum absolute atomic E-state index is 0.190. The summed E-state index contributed by atoms with van der Waals surface area (Å²) in [5.74, 6) is -0.190. The van der Waals surface area contributed by atoms with Gasteiger partial charge in [-0.2, -0.15) is 0 Å². The molecule has 1 aromatic heterocycles. The van der Waals surface area contributed by atoms with Crippen molar-refractivity contribution in [2.24, 2.45) is 0 Å². The Balaban J connectivity index is 1.48. The molecule has 2 N–H and O–H groups in total. The maximum absolute atomic E-state index is 12.3. The molecule has 2 aromatic carbocycles. The second kappa shape index (κ2) is 5.89. The van der Waals surface area contributed by atoms with Crippen LogP contribution in [0.4, 0.5) is 0 Å². The molecule has 2 heterocycles. The van der Waals surface area contributed by atoms with E-state index in [1.807, 2.05) is 42.5 Å². The van der Waals surface area contributed by atoms with Gasteiger partial charge in [-0.1, -0.05) is 48.5 Å². The zero-order valence-electron chi connectivity index (χ0n) is 12.7. The summed E-state index contributed by atoms with van der Waals surface area (Å²) >= 11 is 0. The van der Waals surface area contributed by atoms with Gasteiger partial charge in [-0.3, -0.25) is 10.1 Å². The van der Waals surface area contributed by atoms with E-state index in [0.717, 1.165) is 11.1 Å². The highest BCUT2D eigenvalue weighted by Crippen LogP contribution is 2.26. The first-order valence-electron chi connectivity index (χ1n) is 7.83. The van der Waals surface area contributed by atoms with Crippen molar-refractivity contribution >= 4 is 16.9 Å². The lowest BCUT2D eigenvalue weighted by Gasteiger charge is -2.22. The molecule has 116 valence electrons. The zero-order chi connectivity index (χ0) is 15.6. The molecule has 0 spiro atoms. The summed E-state index contributed by atoms with van der Waals surface area (Å²) in [6.45, 7) is 0.980. The lowest BCUT2D eigenvalue weighted by atomic mass is 9.98. The van der Waals surface area contributed by atoms with Crippen LogP contribution in [-0.4, -0.2) is 17.0 Å². The van der Waals surface area contributed by atoms with Gasteiger partial charge in [-0.05, 0) is 17.2 Å². The molecule has 0 amide bonds. The van der Waals surface area contributed by atoms with Crippen molar-refractivity contribution in [3.8, 4) is 0 Å². The van der Waals surface area contributed by atoms with Crippen LogP contribution in [0.5, 0.6) is 0 Å². The van der Waals surface area contributed by atoms with Crippen LogP contribution < -0.4 is 5.32 Å². The number of esters is 1. The van der Waals surface area contributed by atoms with Gasteiger partial charge < -0.3 is 9.72 Å². The SMILES string of the molecule is O=C(OCc1ccccc1)C1Cc2c([nH]c3ccccc23)CN1. The number of nitrogens with one attached hydrogen (secondary N) is 2. The Hall–Kier alpha value is -2.59. The number of carbonyl (C=O) groups excluding carboxylic acids is 1. The molecule has 4 heteroatoms. The molecule has 4 rings (SSSR count). The number of rotatable bonds is 3. The zero-order valence-corrected chi connectivity index (χ0v) is 12.7. The number of benzene rings is 2. The summed E-state index contributed by atoms with van der Waals surface area (Å²) in [5.41, 5.74) is 4.52. The monoisotopic (exact) mass is 306 g/mol. The predicted molar refractivity (Wildman–Crippen MR) is 88.9 cm³/mol. The summed E-state index contributed by atoms with van der Waals surface area (Å²) in [6, 6.07) is 17.7. The van der Waals surface area contributed by atoms with Gasteiger partial charge in [0.15, 0.2) is 0 Å². The fourth-order valence-electron chi connectivity index (χ4n) is 3.14. The van der Waals surface area contributed by atoms with Crippen LogP contribution in [0, 0.1) is 0 Å². The molecule has 23 heavy (non-hydrogen) atoms. The maximum atomic E-state index is 12.3. The van der Waals surface area contributed by atoms with Crippen molar-refractivity contribution < 1.29 is 9.53 Å². The molecule has 4 nitrogen and oxygen atoms in total. The second-order valence-electron chi connectivity index (χ2n) is 5.86. The van der Waals surface area contributed by atoms with E-state index in [1.54, 1.807) is 0 Å². The van der Waals surface area contributed by atoms with Crippen molar-refractivity contribution in [1.82, 2.24) is 10.3 Å². The molecular formula is C19H18N2O2. The smallest absolute Gasteiger partial charge is 0.323 e. The van der Waals surface area contributed by atoms with Crippen LogP contribution in [-0.2, 0) is 29.1 Å². The van der Waals surface area contributed by atoms with Gasteiger partial charge in [0, 0.05) is 29.6 Å². The van der Waals surface area contributed by atoms with Gasteiger partial charge in [0.2, 0.25) is 0 Å². The standard InChI is InChI=1S/C19H18N2O2/c22-19(23-12-13-6-2-1-3-7-13)17-10-15-14-8-4-5-9-16(14)21-18(15)11-20-17/h1-9,17,20-21H,10-12H2. The third kappa shape index (κ3) is 2.73. The van der Waals surface area contributed by atoms with Crippen LogP contribution in [0.25, 0.3) is 10.9 Å². The van der Waals surface area contributed by atoms with Crippen LogP contribution in [0.3, 0.4) is 0 Å². The van der Waals surface area contributed by atoms with Crippen LogP contribution in [0.2, 0.25) is 0 Å². The average molecular weight is 306 g/mol. The molecule has 0 saturated heterocycles.